The van der Waals surface area contributed by atoms with Crippen molar-refractivity contribution in [3.8, 4) is 10.6 Å². The van der Waals surface area contributed by atoms with Gasteiger partial charge >= 0.3 is 0 Å². The first-order valence-electron chi connectivity index (χ1n) is 4.03. The highest BCUT2D eigenvalue weighted by atomic mass is 32.1. The molecule has 2 aliphatic rings. The van der Waals surface area contributed by atoms with Crippen LogP contribution in [0.2, 0.25) is 0 Å². The first-order valence-corrected chi connectivity index (χ1v) is 4.85. The number of benzene rings is 1. The van der Waals surface area contributed by atoms with Crippen LogP contribution in [0.1, 0.15) is 0 Å². The maximum Gasteiger partial charge on any atom is 0.105 e. The number of hydrogen-bond donors (Lipinski definition) is 0. The fourth-order valence-electron chi connectivity index (χ4n) is 1.40. The molecule has 0 fully saturated rings. The van der Waals surface area contributed by atoms with Gasteiger partial charge in [-0.2, -0.15) is 5.10 Å². The Kier molecular flexibility index (Phi) is 1.34. The molecule has 0 radical (unpaired) electrons. The van der Waals surface area contributed by atoms with Crippen LogP contribution in [0.5, 0.6) is 0 Å². The average molecular weight is 186 g/mol. The van der Waals surface area contributed by atoms with Crippen molar-refractivity contribution >= 4 is 21.4 Å². The van der Waals surface area contributed by atoms with Gasteiger partial charge in [0.1, 0.15) is 5.69 Å². The van der Waals surface area contributed by atoms with E-state index in [1.807, 2.05) is 12.3 Å². The van der Waals surface area contributed by atoms with Crippen LogP contribution in [0.3, 0.4) is 0 Å². The van der Waals surface area contributed by atoms with Gasteiger partial charge in [0, 0.05) is 4.70 Å². The van der Waals surface area contributed by atoms with E-state index >= 15 is 0 Å². The minimum atomic E-state index is 0.990. The van der Waals surface area contributed by atoms with Crippen LogP contribution in [0.4, 0.5) is 0 Å². The van der Waals surface area contributed by atoms with Crippen LogP contribution >= 0.6 is 11.3 Å². The van der Waals surface area contributed by atoms with Gasteiger partial charge in [-0.25, -0.2) is 0 Å². The summed E-state index contributed by atoms with van der Waals surface area (Å²) >= 11 is 1.73. The summed E-state index contributed by atoms with van der Waals surface area (Å²) in [5.41, 5.74) is 0.990. The van der Waals surface area contributed by atoms with Gasteiger partial charge in [0.2, 0.25) is 0 Å². The molecule has 13 heavy (non-hydrogen) atoms. The molecule has 0 aliphatic carbocycles. The highest BCUT2D eigenvalue weighted by molar-refractivity contribution is 7.21. The lowest BCUT2D eigenvalue weighted by molar-refractivity contribution is 1.10. The molecular formula is C10H6N2S. The zero-order valence-corrected chi connectivity index (χ0v) is 7.58. The molecule has 1 aromatic rings. The highest BCUT2D eigenvalue weighted by Crippen LogP contribution is 2.30. The van der Waals surface area contributed by atoms with Crippen LogP contribution in [0, 0.1) is 0 Å². The third kappa shape index (κ3) is 1.01. The van der Waals surface area contributed by atoms with Gasteiger partial charge < -0.3 is 0 Å². The minimum Gasteiger partial charge on any atom is -0.157 e. The SMILES string of the molecule is c1ccc2sc3cnnc-3cc2c1. The second kappa shape index (κ2) is 2.50. The van der Waals surface area contributed by atoms with Crippen molar-refractivity contribution in [2.75, 3.05) is 0 Å². The van der Waals surface area contributed by atoms with E-state index in [1.165, 1.54) is 10.1 Å². The zero-order chi connectivity index (χ0) is 8.67. The molecule has 3 rings (SSSR count). The van der Waals surface area contributed by atoms with Crippen molar-refractivity contribution in [2.45, 2.75) is 0 Å². The standard InChI is InChI=1S/C10H6N2S/c1-2-4-9-7(3-1)5-8-10(13-9)6-11-12-8/h1-6H. The zero-order valence-electron chi connectivity index (χ0n) is 6.77. The summed E-state index contributed by atoms with van der Waals surface area (Å²) in [6.45, 7) is 0. The summed E-state index contributed by atoms with van der Waals surface area (Å²) < 4.78 is 1.28. The molecule has 1 aromatic carbocycles. The van der Waals surface area contributed by atoms with E-state index in [-0.39, 0.29) is 0 Å². The summed E-state index contributed by atoms with van der Waals surface area (Å²) in [7, 11) is 0. The molecule has 0 amide bonds. The van der Waals surface area contributed by atoms with Crippen molar-refractivity contribution in [3.05, 3.63) is 36.5 Å². The number of nitrogens with zero attached hydrogens (tertiary/aromatic N) is 2. The highest BCUT2D eigenvalue weighted by Gasteiger charge is 2.06. The average Bonchev–Trinajstić information content (AvgIpc) is 2.61. The number of aromatic nitrogens is 2. The Morgan fingerprint density at radius 3 is 3.08 bits per heavy atom. The number of hydrogen-bond acceptors (Lipinski definition) is 3. The van der Waals surface area contributed by atoms with Crippen LogP contribution in [-0.2, 0) is 0 Å². The minimum absolute atomic E-state index is 0.990. The molecule has 0 saturated heterocycles. The third-order valence-electron chi connectivity index (χ3n) is 2.02. The monoisotopic (exact) mass is 186 g/mol. The molecule has 2 heterocycles. The van der Waals surface area contributed by atoms with Gasteiger partial charge in [-0.3, -0.25) is 0 Å². The molecule has 0 aromatic heterocycles. The quantitative estimate of drug-likeness (QED) is 0.539. The third-order valence-corrected chi connectivity index (χ3v) is 3.15. The lowest BCUT2D eigenvalue weighted by atomic mass is 10.2. The van der Waals surface area contributed by atoms with E-state index in [0.29, 0.717) is 0 Å². The number of fused-ring (bicyclic) bond motifs is 2. The molecule has 2 nitrogen and oxygen atoms in total. The van der Waals surface area contributed by atoms with Gasteiger partial charge in [0.15, 0.2) is 0 Å². The Balaban J connectivity index is 2.52. The molecule has 0 bridgehead atoms. The second-order valence-corrected chi connectivity index (χ2v) is 3.96. The first-order chi connectivity index (χ1) is 6.43. The van der Waals surface area contributed by atoms with Crippen LogP contribution < -0.4 is 0 Å². The molecule has 0 spiro atoms. The van der Waals surface area contributed by atoms with E-state index in [4.69, 9.17) is 0 Å². The normalized spacial score (nSPS) is 11.1. The van der Waals surface area contributed by atoms with Gasteiger partial charge in [-0.05, 0) is 17.5 Å². The summed E-state index contributed by atoms with van der Waals surface area (Å²) in [5, 5.41) is 9.15. The van der Waals surface area contributed by atoms with E-state index in [1.54, 1.807) is 11.3 Å². The number of rotatable bonds is 0. The van der Waals surface area contributed by atoms with Crippen LogP contribution in [-0.4, -0.2) is 10.2 Å². The smallest absolute Gasteiger partial charge is 0.105 e. The Morgan fingerprint density at radius 1 is 1.15 bits per heavy atom. The Morgan fingerprint density at radius 2 is 2.08 bits per heavy atom. The first kappa shape index (κ1) is 6.97. The Hall–Kier alpha value is -1.48. The van der Waals surface area contributed by atoms with Gasteiger partial charge in [-0.1, -0.05) is 18.2 Å². The lowest BCUT2D eigenvalue weighted by Crippen LogP contribution is -1.75. The maximum atomic E-state index is 4.03. The molecule has 2 aliphatic heterocycles. The van der Waals surface area contributed by atoms with Gasteiger partial charge in [0.05, 0.1) is 11.1 Å². The lowest BCUT2D eigenvalue weighted by Gasteiger charge is -1.98. The van der Waals surface area contributed by atoms with Crippen molar-refractivity contribution in [3.63, 3.8) is 0 Å². The predicted octanol–water partition coefficient (Wildman–Crippen LogP) is 2.80. The molecule has 0 unspecified atom stereocenters. The Bertz CT molecular complexity index is 483. The van der Waals surface area contributed by atoms with E-state index in [9.17, 15) is 0 Å². The van der Waals surface area contributed by atoms with Crippen molar-refractivity contribution < 1.29 is 0 Å². The van der Waals surface area contributed by atoms with E-state index < -0.39 is 0 Å². The topological polar surface area (TPSA) is 25.8 Å². The fourth-order valence-corrected chi connectivity index (χ4v) is 2.33. The molecule has 62 valence electrons. The summed E-state index contributed by atoms with van der Waals surface area (Å²) in [6, 6.07) is 10.4. The van der Waals surface area contributed by atoms with E-state index in [0.717, 1.165) is 10.6 Å². The van der Waals surface area contributed by atoms with E-state index in [2.05, 4.69) is 34.5 Å². The molecule has 0 N–H and O–H groups in total. The molecule has 3 heteroatoms. The summed E-state index contributed by atoms with van der Waals surface area (Å²) in [5.74, 6) is 0. The predicted molar refractivity (Wildman–Crippen MR) is 54.0 cm³/mol. The molecule has 0 atom stereocenters. The fraction of sp³-hybridized carbons (Fsp3) is 0. The maximum absolute atomic E-state index is 4.03. The second-order valence-electron chi connectivity index (χ2n) is 2.88. The molecule has 0 saturated carbocycles. The van der Waals surface area contributed by atoms with Crippen molar-refractivity contribution in [2.24, 2.45) is 0 Å². The van der Waals surface area contributed by atoms with Crippen molar-refractivity contribution in [1.82, 2.24) is 10.2 Å². The van der Waals surface area contributed by atoms with Crippen LogP contribution in [0.15, 0.2) is 36.5 Å². The van der Waals surface area contributed by atoms with Crippen LogP contribution in [0.25, 0.3) is 20.7 Å². The summed E-state index contributed by atoms with van der Waals surface area (Å²) in [6.07, 6.45) is 1.81. The Labute approximate surface area is 79.2 Å². The van der Waals surface area contributed by atoms with Gasteiger partial charge in [-0.15, -0.1) is 16.4 Å². The van der Waals surface area contributed by atoms with Gasteiger partial charge in [0.25, 0.3) is 0 Å². The molecular weight excluding hydrogens is 180 g/mol. The van der Waals surface area contributed by atoms with Crippen molar-refractivity contribution in [1.29, 1.82) is 0 Å². The summed E-state index contributed by atoms with van der Waals surface area (Å²) in [4.78, 5) is 1.15. The largest absolute Gasteiger partial charge is 0.157 e.